The number of hydrogen-bond acceptors (Lipinski definition) is 5. The maximum atomic E-state index is 13.0. The number of carbonyl (C=O) groups excluding carboxylic acids is 1. The fourth-order valence-electron chi connectivity index (χ4n) is 4.72. The van der Waals surface area contributed by atoms with Crippen molar-refractivity contribution < 1.29 is 4.79 Å². The van der Waals surface area contributed by atoms with Crippen LogP contribution in [0.15, 0.2) is 29.1 Å². The molecule has 6 nitrogen and oxygen atoms in total. The van der Waals surface area contributed by atoms with Crippen LogP contribution in [-0.4, -0.2) is 46.8 Å². The topological polar surface area (TPSA) is 67.2 Å². The number of piperidine rings is 1. The lowest BCUT2D eigenvalue weighted by Gasteiger charge is -2.34. The molecule has 1 aliphatic heterocycles. The molecule has 0 radical (unpaired) electrons. The molecule has 3 aromatic rings. The zero-order chi connectivity index (χ0) is 21.3. The van der Waals surface area contributed by atoms with Gasteiger partial charge in [0.1, 0.15) is 6.54 Å². The normalized spacial score (nSPS) is 20.1. The van der Waals surface area contributed by atoms with Crippen LogP contribution in [0.4, 0.5) is 0 Å². The molecule has 4 rings (SSSR count). The first-order valence-corrected chi connectivity index (χ1v) is 11.6. The average Bonchev–Trinajstić information content (AvgIpc) is 3.09. The van der Waals surface area contributed by atoms with Crippen molar-refractivity contribution in [2.45, 2.75) is 40.2 Å². The minimum Gasteiger partial charge on any atom is -0.354 e. The first-order chi connectivity index (χ1) is 14.4. The summed E-state index contributed by atoms with van der Waals surface area (Å²) in [7, 11) is 0. The molecule has 160 valence electrons. The molecule has 1 N–H and O–H groups in total. The van der Waals surface area contributed by atoms with Gasteiger partial charge >= 0.3 is 0 Å². The van der Waals surface area contributed by atoms with Gasteiger partial charge in [-0.25, -0.2) is 4.68 Å². The lowest BCUT2D eigenvalue weighted by atomic mass is 9.92. The van der Waals surface area contributed by atoms with Crippen molar-refractivity contribution in [1.29, 1.82) is 0 Å². The van der Waals surface area contributed by atoms with Gasteiger partial charge < -0.3 is 10.2 Å². The summed E-state index contributed by atoms with van der Waals surface area (Å²) in [4.78, 5) is 28.0. The fraction of sp³-hybridized carbons (Fsp3) is 0.522. The number of aryl methyl sites for hydroxylation is 1. The van der Waals surface area contributed by atoms with Crippen LogP contribution in [0.3, 0.4) is 0 Å². The Morgan fingerprint density at radius 2 is 1.97 bits per heavy atom. The van der Waals surface area contributed by atoms with Crippen molar-refractivity contribution >= 4 is 37.4 Å². The van der Waals surface area contributed by atoms with Crippen molar-refractivity contribution in [3.05, 3.63) is 40.3 Å². The maximum absolute atomic E-state index is 13.0. The summed E-state index contributed by atoms with van der Waals surface area (Å²) in [5.74, 6) is 1.32. The molecule has 1 fully saturated rings. The lowest BCUT2D eigenvalue weighted by Crippen LogP contribution is -2.40. The number of carbonyl (C=O) groups is 1. The van der Waals surface area contributed by atoms with Gasteiger partial charge in [-0.05, 0) is 44.2 Å². The zero-order valence-electron chi connectivity index (χ0n) is 18.0. The molecule has 0 bridgehead atoms. The Bertz CT molecular complexity index is 1110. The van der Waals surface area contributed by atoms with Crippen molar-refractivity contribution in [3.8, 4) is 0 Å². The standard InChI is InChI=1S/C23H30N4O2S/c1-15-11-16(2)13-26(12-15)10-6-9-24-20(28)14-27-23(29)21-18-7-4-5-8-19(18)30-22(21)17(3)25-27/h4-5,7-8,15-16H,6,9-14H2,1-3H3,(H,24,28). The Morgan fingerprint density at radius 3 is 2.73 bits per heavy atom. The molecule has 0 saturated carbocycles. The smallest absolute Gasteiger partial charge is 0.276 e. The zero-order valence-corrected chi connectivity index (χ0v) is 18.8. The highest BCUT2D eigenvalue weighted by molar-refractivity contribution is 7.26. The van der Waals surface area contributed by atoms with Crippen LogP contribution in [0, 0.1) is 18.8 Å². The van der Waals surface area contributed by atoms with Gasteiger partial charge in [-0.15, -0.1) is 11.3 Å². The highest BCUT2D eigenvalue weighted by Crippen LogP contribution is 2.32. The summed E-state index contributed by atoms with van der Waals surface area (Å²) in [5.41, 5.74) is 0.589. The second kappa shape index (κ2) is 8.86. The van der Waals surface area contributed by atoms with Crippen LogP contribution in [0.1, 0.15) is 32.4 Å². The van der Waals surface area contributed by atoms with Crippen molar-refractivity contribution in [3.63, 3.8) is 0 Å². The van der Waals surface area contributed by atoms with E-state index in [0.717, 1.165) is 58.4 Å². The maximum Gasteiger partial charge on any atom is 0.276 e. The second-order valence-corrected chi connectivity index (χ2v) is 9.81. The SMILES string of the molecule is Cc1nn(CC(=O)NCCCN2CC(C)CC(C)C2)c(=O)c2c1sc1ccccc12. The Kier molecular flexibility index (Phi) is 6.20. The quantitative estimate of drug-likeness (QED) is 0.614. The summed E-state index contributed by atoms with van der Waals surface area (Å²) >= 11 is 1.58. The van der Waals surface area contributed by atoms with Gasteiger partial charge in [-0.3, -0.25) is 9.59 Å². The van der Waals surface area contributed by atoms with Gasteiger partial charge in [0.15, 0.2) is 0 Å². The second-order valence-electron chi connectivity index (χ2n) is 8.76. The van der Waals surface area contributed by atoms with E-state index >= 15 is 0 Å². The summed E-state index contributed by atoms with van der Waals surface area (Å²) in [6, 6.07) is 7.88. The monoisotopic (exact) mass is 426 g/mol. The largest absolute Gasteiger partial charge is 0.354 e. The molecule has 1 aromatic carbocycles. The van der Waals surface area contributed by atoms with Crippen LogP contribution in [-0.2, 0) is 11.3 Å². The van der Waals surface area contributed by atoms with Gasteiger partial charge in [0.2, 0.25) is 5.91 Å². The molecule has 2 aromatic heterocycles. The summed E-state index contributed by atoms with van der Waals surface area (Å²) in [5, 5.41) is 8.96. The van der Waals surface area contributed by atoms with Crippen molar-refractivity contribution in [2.24, 2.45) is 11.8 Å². The minimum absolute atomic E-state index is 0.0441. The molecule has 3 heterocycles. The minimum atomic E-state index is -0.195. The number of nitrogens with zero attached hydrogens (tertiary/aromatic N) is 3. The molecule has 1 saturated heterocycles. The number of fused-ring (bicyclic) bond motifs is 3. The molecule has 1 amide bonds. The number of hydrogen-bond donors (Lipinski definition) is 1. The van der Waals surface area contributed by atoms with E-state index in [0.29, 0.717) is 11.9 Å². The molecule has 0 spiro atoms. The van der Waals surface area contributed by atoms with E-state index in [1.165, 1.54) is 11.1 Å². The van der Waals surface area contributed by atoms with Crippen LogP contribution in [0.5, 0.6) is 0 Å². The van der Waals surface area contributed by atoms with Crippen LogP contribution >= 0.6 is 11.3 Å². The third-order valence-corrected chi connectivity index (χ3v) is 7.13. The van der Waals surface area contributed by atoms with Crippen molar-refractivity contribution in [1.82, 2.24) is 20.0 Å². The number of rotatable bonds is 6. The predicted molar refractivity (Wildman–Crippen MR) is 123 cm³/mol. The van der Waals surface area contributed by atoms with Crippen LogP contribution in [0.2, 0.25) is 0 Å². The summed E-state index contributed by atoms with van der Waals surface area (Å²) in [6.07, 6.45) is 2.22. The third-order valence-electron chi connectivity index (χ3n) is 5.85. The Balaban J connectivity index is 1.38. The van der Waals surface area contributed by atoms with E-state index in [2.05, 4.69) is 29.2 Å². The molecule has 30 heavy (non-hydrogen) atoms. The van der Waals surface area contributed by atoms with Gasteiger partial charge in [0, 0.05) is 29.7 Å². The third kappa shape index (κ3) is 4.42. The number of benzene rings is 1. The molecular formula is C23H30N4O2S. The average molecular weight is 427 g/mol. The van der Waals surface area contributed by atoms with Crippen molar-refractivity contribution in [2.75, 3.05) is 26.2 Å². The van der Waals surface area contributed by atoms with E-state index in [1.807, 2.05) is 31.2 Å². The molecule has 7 heteroatoms. The van der Waals surface area contributed by atoms with E-state index in [-0.39, 0.29) is 18.0 Å². The first kappa shape index (κ1) is 21.0. The number of likely N-dealkylation sites (tertiary alicyclic amines) is 1. The highest BCUT2D eigenvalue weighted by Gasteiger charge is 2.21. The molecule has 1 aliphatic rings. The summed E-state index contributed by atoms with van der Waals surface area (Å²) in [6.45, 7) is 10.4. The van der Waals surface area contributed by atoms with E-state index in [4.69, 9.17) is 0 Å². The van der Waals surface area contributed by atoms with Gasteiger partial charge in [-0.1, -0.05) is 32.0 Å². The van der Waals surface area contributed by atoms with Crippen LogP contribution in [0.25, 0.3) is 20.2 Å². The number of aromatic nitrogens is 2. The Labute approximate surface area is 180 Å². The van der Waals surface area contributed by atoms with Gasteiger partial charge in [0.05, 0.1) is 15.8 Å². The van der Waals surface area contributed by atoms with E-state index in [9.17, 15) is 9.59 Å². The Morgan fingerprint density at radius 1 is 1.23 bits per heavy atom. The van der Waals surface area contributed by atoms with E-state index < -0.39 is 0 Å². The molecule has 2 atom stereocenters. The molecular weight excluding hydrogens is 396 g/mol. The van der Waals surface area contributed by atoms with Gasteiger partial charge in [-0.2, -0.15) is 5.10 Å². The highest BCUT2D eigenvalue weighted by atomic mass is 32.1. The first-order valence-electron chi connectivity index (χ1n) is 10.8. The molecule has 0 aliphatic carbocycles. The predicted octanol–water partition coefficient (Wildman–Crippen LogP) is 3.40. The van der Waals surface area contributed by atoms with E-state index in [1.54, 1.807) is 11.3 Å². The summed E-state index contributed by atoms with van der Waals surface area (Å²) < 4.78 is 3.28. The number of nitrogens with one attached hydrogen (secondary N) is 1. The number of thiophene rings is 1. The number of amides is 1. The van der Waals surface area contributed by atoms with Crippen LogP contribution < -0.4 is 10.9 Å². The van der Waals surface area contributed by atoms with Gasteiger partial charge in [0.25, 0.3) is 5.56 Å². The Hall–Kier alpha value is -2.25. The fourth-order valence-corrected chi connectivity index (χ4v) is 5.85. The lowest BCUT2D eigenvalue weighted by molar-refractivity contribution is -0.121. The molecule has 2 unspecified atom stereocenters.